The van der Waals surface area contributed by atoms with Gasteiger partial charge in [0.15, 0.2) is 0 Å². The standard InChI is InChI=1S/C16H22FN3O2S/c1-19(2)9-7-18-14(21)6-8-20-15(22)11-23-16(20)12-4-3-5-13(17)10-12/h3-5,10,16H,6-9,11H2,1-2H3,(H,18,21)/t16-/m1/s1. The van der Waals surface area contributed by atoms with E-state index in [-0.39, 0.29) is 29.4 Å². The van der Waals surface area contributed by atoms with Crippen LogP contribution in [0.1, 0.15) is 17.4 Å². The molecule has 0 unspecified atom stereocenters. The average molecular weight is 339 g/mol. The summed E-state index contributed by atoms with van der Waals surface area (Å²) in [4.78, 5) is 27.5. The molecule has 2 rings (SSSR count). The highest BCUT2D eigenvalue weighted by molar-refractivity contribution is 8.00. The van der Waals surface area contributed by atoms with Crippen LogP contribution in [0.2, 0.25) is 0 Å². The Hall–Kier alpha value is -1.60. The number of hydrogen-bond acceptors (Lipinski definition) is 4. The topological polar surface area (TPSA) is 52.7 Å². The third kappa shape index (κ3) is 5.21. The predicted octanol–water partition coefficient (Wildman–Crippen LogP) is 1.47. The molecular weight excluding hydrogens is 317 g/mol. The van der Waals surface area contributed by atoms with E-state index in [4.69, 9.17) is 0 Å². The van der Waals surface area contributed by atoms with Crippen molar-refractivity contribution in [3.8, 4) is 0 Å². The van der Waals surface area contributed by atoms with Gasteiger partial charge in [0.25, 0.3) is 0 Å². The number of nitrogens with one attached hydrogen (secondary N) is 1. The Bertz CT molecular complexity index is 568. The molecule has 1 aromatic rings. The van der Waals surface area contributed by atoms with Crippen LogP contribution in [-0.4, -0.2) is 61.1 Å². The third-order valence-corrected chi connectivity index (χ3v) is 4.82. The van der Waals surface area contributed by atoms with Crippen molar-refractivity contribution in [3.63, 3.8) is 0 Å². The summed E-state index contributed by atoms with van der Waals surface area (Å²) in [7, 11) is 3.88. The van der Waals surface area contributed by atoms with E-state index in [1.54, 1.807) is 11.0 Å². The molecule has 0 radical (unpaired) electrons. The van der Waals surface area contributed by atoms with Crippen LogP contribution in [0.15, 0.2) is 24.3 Å². The Balaban J connectivity index is 1.89. The number of rotatable bonds is 7. The Kier molecular flexibility index (Phi) is 6.41. The van der Waals surface area contributed by atoms with Crippen LogP contribution >= 0.6 is 11.8 Å². The smallest absolute Gasteiger partial charge is 0.233 e. The summed E-state index contributed by atoms with van der Waals surface area (Å²) < 4.78 is 13.4. The number of likely N-dealkylation sites (N-methyl/N-ethyl adjacent to an activating group) is 1. The van der Waals surface area contributed by atoms with Gasteiger partial charge in [0.1, 0.15) is 11.2 Å². The zero-order chi connectivity index (χ0) is 16.8. The van der Waals surface area contributed by atoms with Gasteiger partial charge in [-0.05, 0) is 31.8 Å². The summed E-state index contributed by atoms with van der Waals surface area (Å²) in [5.41, 5.74) is 0.758. The van der Waals surface area contributed by atoms with Crippen LogP contribution in [-0.2, 0) is 9.59 Å². The molecule has 2 amide bonds. The Morgan fingerprint density at radius 3 is 2.96 bits per heavy atom. The lowest BCUT2D eigenvalue weighted by molar-refractivity contribution is -0.129. The van der Waals surface area contributed by atoms with Crippen molar-refractivity contribution in [2.24, 2.45) is 0 Å². The molecule has 0 spiro atoms. The minimum Gasteiger partial charge on any atom is -0.355 e. The van der Waals surface area contributed by atoms with E-state index < -0.39 is 0 Å². The normalized spacial score (nSPS) is 17.8. The molecule has 126 valence electrons. The van der Waals surface area contributed by atoms with Crippen LogP contribution in [0, 0.1) is 5.82 Å². The SMILES string of the molecule is CN(C)CCNC(=O)CCN1C(=O)CS[C@@H]1c1cccc(F)c1. The lowest BCUT2D eigenvalue weighted by atomic mass is 10.2. The summed E-state index contributed by atoms with van der Waals surface area (Å²) in [5, 5.41) is 2.62. The van der Waals surface area contributed by atoms with E-state index >= 15 is 0 Å². The first kappa shape index (κ1) is 17.7. The summed E-state index contributed by atoms with van der Waals surface area (Å²) in [6.45, 7) is 1.71. The van der Waals surface area contributed by atoms with E-state index in [0.29, 0.717) is 18.8 Å². The third-order valence-electron chi connectivity index (χ3n) is 3.56. The van der Waals surface area contributed by atoms with Gasteiger partial charge < -0.3 is 15.1 Å². The molecule has 1 fully saturated rings. The molecule has 0 bridgehead atoms. The van der Waals surface area contributed by atoms with Gasteiger partial charge >= 0.3 is 0 Å². The second kappa shape index (κ2) is 8.31. The largest absolute Gasteiger partial charge is 0.355 e. The van der Waals surface area contributed by atoms with Gasteiger partial charge in [0.2, 0.25) is 11.8 Å². The van der Waals surface area contributed by atoms with E-state index in [9.17, 15) is 14.0 Å². The maximum atomic E-state index is 13.4. The molecule has 1 saturated heterocycles. The molecular formula is C16H22FN3O2S. The van der Waals surface area contributed by atoms with E-state index in [1.165, 1.54) is 23.9 Å². The monoisotopic (exact) mass is 339 g/mol. The molecule has 5 nitrogen and oxygen atoms in total. The predicted molar refractivity (Wildman–Crippen MR) is 89.5 cm³/mol. The number of hydrogen-bond donors (Lipinski definition) is 1. The highest BCUT2D eigenvalue weighted by Gasteiger charge is 2.32. The molecule has 1 aliphatic rings. The maximum absolute atomic E-state index is 13.4. The number of amides is 2. The van der Waals surface area contributed by atoms with Gasteiger partial charge in [-0.15, -0.1) is 11.8 Å². The molecule has 23 heavy (non-hydrogen) atoms. The Labute approximate surface area is 140 Å². The quantitative estimate of drug-likeness (QED) is 0.817. The molecule has 0 aromatic heterocycles. The van der Waals surface area contributed by atoms with Crippen molar-refractivity contribution in [1.29, 1.82) is 0 Å². The minimum absolute atomic E-state index is 0.00893. The zero-order valence-corrected chi connectivity index (χ0v) is 14.2. The molecule has 1 aromatic carbocycles. The second-order valence-corrected chi connectivity index (χ2v) is 6.78. The van der Waals surface area contributed by atoms with Gasteiger partial charge in [-0.2, -0.15) is 0 Å². The lowest BCUT2D eigenvalue weighted by Crippen LogP contribution is -2.35. The summed E-state index contributed by atoms with van der Waals surface area (Å²) in [5.74, 6) is -0.0348. The van der Waals surface area contributed by atoms with Crippen molar-refractivity contribution in [1.82, 2.24) is 15.1 Å². The van der Waals surface area contributed by atoms with Gasteiger partial charge in [0, 0.05) is 26.1 Å². The highest BCUT2D eigenvalue weighted by atomic mass is 32.2. The first-order valence-corrected chi connectivity index (χ1v) is 8.60. The van der Waals surface area contributed by atoms with E-state index in [2.05, 4.69) is 5.32 Å². The summed E-state index contributed by atoms with van der Waals surface area (Å²) >= 11 is 1.47. The first-order chi connectivity index (χ1) is 11.0. The number of carbonyl (C=O) groups excluding carboxylic acids is 2. The molecule has 0 saturated carbocycles. The van der Waals surface area contributed by atoms with E-state index in [0.717, 1.165) is 12.1 Å². The van der Waals surface area contributed by atoms with E-state index in [1.807, 2.05) is 25.1 Å². The number of benzene rings is 1. The molecule has 1 atom stereocenters. The van der Waals surface area contributed by atoms with Crippen LogP contribution in [0.3, 0.4) is 0 Å². The number of halogens is 1. The molecule has 1 N–H and O–H groups in total. The fourth-order valence-corrected chi connectivity index (χ4v) is 3.57. The van der Waals surface area contributed by atoms with Crippen LogP contribution in [0.25, 0.3) is 0 Å². The number of nitrogens with zero attached hydrogens (tertiary/aromatic N) is 2. The van der Waals surface area contributed by atoms with Crippen molar-refractivity contribution in [3.05, 3.63) is 35.6 Å². The van der Waals surface area contributed by atoms with Gasteiger partial charge in [-0.25, -0.2) is 4.39 Å². The van der Waals surface area contributed by atoms with Gasteiger partial charge in [-0.3, -0.25) is 9.59 Å². The molecule has 1 aliphatic heterocycles. The fraction of sp³-hybridized carbons (Fsp3) is 0.500. The fourth-order valence-electron chi connectivity index (χ4n) is 2.36. The number of carbonyl (C=O) groups is 2. The lowest BCUT2D eigenvalue weighted by Gasteiger charge is -2.24. The average Bonchev–Trinajstić information content (AvgIpc) is 2.86. The minimum atomic E-state index is -0.316. The van der Waals surface area contributed by atoms with Crippen LogP contribution in [0.5, 0.6) is 0 Å². The van der Waals surface area contributed by atoms with Crippen LogP contribution in [0.4, 0.5) is 4.39 Å². The second-order valence-electron chi connectivity index (χ2n) is 5.71. The zero-order valence-electron chi connectivity index (χ0n) is 13.4. The van der Waals surface area contributed by atoms with Crippen molar-refractivity contribution < 1.29 is 14.0 Å². The van der Waals surface area contributed by atoms with Crippen molar-refractivity contribution >= 4 is 23.6 Å². The number of thioether (sulfide) groups is 1. The molecule has 1 heterocycles. The maximum Gasteiger partial charge on any atom is 0.233 e. The van der Waals surface area contributed by atoms with Crippen LogP contribution < -0.4 is 5.32 Å². The summed E-state index contributed by atoms with van der Waals surface area (Å²) in [6.07, 6.45) is 0.256. The van der Waals surface area contributed by atoms with Crippen molar-refractivity contribution in [2.75, 3.05) is 39.5 Å². The Morgan fingerprint density at radius 1 is 1.48 bits per heavy atom. The van der Waals surface area contributed by atoms with Gasteiger partial charge in [0.05, 0.1) is 5.75 Å². The Morgan fingerprint density at radius 2 is 2.26 bits per heavy atom. The van der Waals surface area contributed by atoms with Gasteiger partial charge in [-0.1, -0.05) is 12.1 Å². The molecule has 7 heteroatoms. The first-order valence-electron chi connectivity index (χ1n) is 7.55. The molecule has 0 aliphatic carbocycles. The van der Waals surface area contributed by atoms with Crippen molar-refractivity contribution in [2.45, 2.75) is 11.8 Å². The highest BCUT2D eigenvalue weighted by Crippen LogP contribution is 2.38. The summed E-state index contributed by atoms with van der Waals surface area (Å²) in [6, 6.07) is 6.28.